The molecule has 1 N–H and O–H groups in total. The molecule has 0 amide bonds. The van der Waals surface area contributed by atoms with Gasteiger partial charge < -0.3 is 19.9 Å². The highest BCUT2D eigenvalue weighted by Crippen LogP contribution is 2.19. The topological polar surface area (TPSA) is 57.2 Å². The van der Waals surface area contributed by atoms with E-state index in [1.807, 2.05) is 0 Å². The first-order valence-electron chi connectivity index (χ1n) is 9.01. The van der Waals surface area contributed by atoms with Crippen LogP contribution < -0.4 is 5.32 Å². The molecule has 0 aliphatic carbocycles. The molecule has 0 saturated carbocycles. The molecule has 2 rings (SSSR count). The van der Waals surface area contributed by atoms with E-state index in [2.05, 4.69) is 29.0 Å². The van der Waals surface area contributed by atoms with Gasteiger partial charge in [0.15, 0.2) is 5.96 Å². The molecule has 6 nitrogen and oxygen atoms in total. The van der Waals surface area contributed by atoms with Crippen molar-refractivity contribution in [2.45, 2.75) is 33.1 Å². The van der Waals surface area contributed by atoms with Crippen LogP contribution in [-0.2, 0) is 9.53 Å². The number of carbonyl (C=O) groups excluding carboxylic acids is 1. The molecule has 0 aromatic carbocycles. The van der Waals surface area contributed by atoms with Crippen molar-refractivity contribution < 1.29 is 9.53 Å². The zero-order valence-electron chi connectivity index (χ0n) is 15.3. The Hall–Kier alpha value is -0.570. The van der Waals surface area contributed by atoms with Crippen LogP contribution in [0.15, 0.2) is 4.99 Å². The van der Waals surface area contributed by atoms with E-state index in [-0.39, 0.29) is 35.9 Å². The lowest BCUT2D eigenvalue weighted by Crippen LogP contribution is -2.46. The van der Waals surface area contributed by atoms with E-state index in [1.165, 1.54) is 26.6 Å². The van der Waals surface area contributed by atoms with Gasteiger partial charge in [-0.1, -0.05) is 6.92 Å². The van der Waals surface area contributed by atoms with E-state index in [9.17, 15) is 4.79 Å². The largest absolute Gasteiger partial charge is 0.469 e. The average molecular weight is 452 g/mol. The summed E-state index contributed by atoms with van der Waals surface area (Å²) < 4.78 is 4.86. The van der Waals surface area contributed by atoms with Crippen molar-refractivity contribution in [2.24, 2.45) is 16.8 Å². The molecule has 0 spiro atoms. The number of ether oxygens (including phenoxy) is 1. The Morgan fingerprint density at radius 1 is 1.21 bits per heavy atom. The highest BCUT2D eigenvalue weighted by atomic mass is 127. The first-order chi connectivity index (χ1) is 11.2. The van der Waals surface area contributed by atoms with Crippen molar-refractivity contribution in [1.82, 2.24) is 15.1 Å². The number of nitrogens with zero attached hydrogens (tertiary/aromatic N) is 3. The van der Waals surface area contributed by atoms with E-state index in [4.69, 9.17) is 9.73 Å². The lowest BCUT2D eigenvalue weighted by atomic mass is 9.97. The number of carbonyl (C=O) groups is 1. The van der Waals surface area contributed by atoms with Crippen molar-refractivity contribution in [3.63, 3.8) is 0 Å². The van der Waals surface area contributed by atoms with Crippen molar-refractivity contribution in [3.8, 4) is 0 Å². The van der Waals surface area contributed by atoms with Crippen molar-refractivity contribution in [1.29, 1.82) is 0 Å². The average Bonchev–Trinajstić information content (AvgIpc) is 3.06. The predicted molar refractivity (Wildman–Crippen MR) is 108 cm³/mol. The summed E-state index contributed by atoms with van der Waals surface area (Å²) in [4.78, 5) is 21.3. The summed E-state index contributed by atoms with van der Waals surface area (Å²) in [5.41, 5.74) is 0. The molecule has 2 aliphatic rings. The minimum atomic E-state index is -0.0720. The molecule has 2 heterocycles. The molecule has 2 fully saturated rings. The first-order valence-corrected chi connectivity index (χ1v) is 9.01. The minimum absolute atomic E-state index is 0. The molecule has 0 radical (unpaired) electrons. The van der Waals surface area contributed by atoms with Gasteiger partial charge in [-0.2, -0.15) is 0 Å². The Labute approximate surface area is 163 Å². The number of hydrogen-bond acceptors (Lipinski definition) is 4. The van der Waals surface area contributed by atoms with E-state index in [0.29, 0.717) is 5.92 Å². The molecule has 1 atom stereocenters. The van der Waals surface area contributed by atoms with Gasteiger partial charge in [0.05, 0.1) is 13.0 Å². The summed E-state index contributed by atoms with van der Waals surface area (Å²) in [6, 6.07) is 0. The quantitative estimate of drug-likeness (QED) is 0.299. The third-order valence-corrected chi connectivity index (χ3v) is 4.98. The molecule has 2 saturated heterocycles. The van der Waals surface area contributed by atoms with Crippen LogP contribution in [0.4, 0.5) is 0 Å². The number of esters is 1. The van der Waals surface area contributed by atoms with E-state index in [1.54, 1.807) is 0 Å². The zero-order chi connectivity index (χ0) is 16.7. The van der Waals surface area contributed by atoms with Gasteiger partial charge in [-0.25, -0.2) is 0 Å². The standard InChI is InChI=1S/C17H32N4O2.HI/c1-4-18-17(19-12-14-6-9-20(5-2)13-14)21-10-7-15(8-11-21)16(22)23-3;/h14-15H,4-13H2,1-3H3,(H,18,19);1H. The Balaban J connectivity index is 0.00000288. The summed E-state index contributed by atoms with van der Waals surface area (Å²) in [5, 5.41) is 3.41. The van der Waals surface area contributed by atoms with E-state index < -0.39 is 0 Å². The molecule has 7 heteroatoms. The number of likely N-dealkylation sites (tertiary alicyclic amines) is 2. The Kier molecular flexibility index (Phi) is 9.95. The molecule has 24 heavy (non-hydrogen) atoms. The zero-order valence-corrected chi connectivity index (χ0v) is 17.6. The molecular weight excluding hydrogens is 419 g/mol. The monoisotopic (exact) mass is 452 g/mol. The van der Waals surface area contributed by atoms with Gasteiger partial charge in [-0.05, 0) is 45.2 Å². The second-order valence-corrected chi connectivity index (χ2v) is 6.53. The maximum Gasteiger partial charge on any atom is 0.308 e. The SMILES string of the molecule is CCNC(=NCC1CCN(CC)C1)N1CCC(C(=O)OC)CC1.I. The highest BCUT2D eigenvalue weighted by molar-refractivity contribution is 14.0. The maximum atomic E-state index is 11.6. The number of guanidine groups is 1. The van der Waals surface area contributed by atoms with Crippen LogP contribution in [0.1, 0.15) is 33.1 Å². The summed E-state index contributed by atoms with van der Waals surface area (Å²) in [6.45, 7) is 11.4. The molecular formula is C17H33IN4O2. The Morgan fingerprint density at radius 2 is 1.92 bits per heavy atom. The van der Waals surface area contributed by atoms with Crippen LogP contribution in [0.2, 0.25) is 0 Å². The number of halogens is 1. The van der Waals surface area contributed by atoms with Crippen LogP contribution in [0.3, 0.4) is 0 Å². The van der Waals surface area contributed by atoms with Crippen LogP contribution in [-0.4, -0.2) is 74.7 Å². The number of piperidine rings is 1. The molecule has 2 aliphatic heterocycles. The third-order valence-electron chi connectivity index (χ3n) is 4.98. The lowest BCUT2D eigenvalue weighted by molar-refractivity contribution is -0.146. The second-order valence-electron chi connectivity index (χ2n) is 6.53. The van der Waals surface area contributed by atoms with Gasteiger partial charge in [0.25, 0.3) is 0 Å². The molecule has 0 aromatic heterocycles. The number of rotatable bonds is 5. The Bertz CT molecular complexity index is 411. The van der Waals surface area contributed by atoms with Gasteiger partial charge in [0.1, 0.15) is 0 Å². The molecule has 0 bridgehead atoms. The minimum Gasteiger partial charge on any atom is -0.469 e. The number of aliphatic imine (C=N–C) groups is 1. The van der Waals surface area contributed by atoms with Gasteiger partial charge in [-0.15, -0.1) is 24.0 Å². The fourth-order valence-electron chi connectivity index (χ4n) is 3.48. The fraction of sp³-hybridized carbons (Fsp3) is 0.882. The number of methoxy groups -OCH3 is 1. The van der Waals surface area contributed by atoms with Crippen LogP contribution in [0, 0.1) is 11.8 Å². The fourth-order valence-corrected chi connectivity index (χ4v) is 3.48. The van der Waals surface area contributed by atoms with Crippen LogP contribution in [0.5, 0.6) is 0 Å². The Morgan fingerprint density at radius 3 is 2.46 bits per heavy atom. The van der Waals surface area contributed by atoms with Crippen LogP contribution in [0.25, 0.3) is 0 Å². The lowest BCUT2D eigenvalue weighted by Gasteiger charge is -2.33. The second kappa shape index (κ2) is 11.1. The molecule has 0 aromatic rings. The summed E-state index contributed by atoms with van der Waals surface area (Å²) in [7, 11) is 1.47. The maximum absolute atomic E-state index is 11.6. The normalized spacial score (nSPS) is 23.0. The van der Waals surface area contributed by atoms with Gasteiger partial charge in [0.2, 0.25) is 0 Å². The van der Waals surface area contributed by atoms with Crippen molar-refractivity contribution in [2.75, 3.05) is 52.9 Å². The van der Waals surface area contributed by atoms with Crippen LogP contribution >= 0.6 is 24.0 Å². The first kappa shape index (κ1) is 21.5. The highest BCUT2D eigenvalue weighted by Gasteiger charge is 2.27. The predicted octanol–water partition coefficient (Wildman–Crippen LogP) is 1.80. The summed E-state index contributed by atoms with van der Waals surface area (Å²) in [5.74, 6) is 1.66. The number of nitrogens with one attached hydrogen (secondary N) is 1. The van der Waals surface area contributed by atoms with E-state index >= 15 is 0 Å². The molecule has 140 valence electrons. The van der Waals surface area contributed by atoms with Gasteiger partial charge >= 0.3 is 5.97 Å². The van der Waals surface area contributed by atoms with Gasteiger partial charge in [0, 0.05) is 32.7 Å². The van der Waals surface area contributed by atoms with E-state index in [0.717, 1.165) is 51.5 Å². The smallest absolute Gasteiger partial charge is 0.308 e. The summed E-state index contributed by atoms with van der Waals surface area (Å²) >= 11 is 0. The third kappa shape index (κ3) is 6.06. The van der Waals surface area contributed by atoms with Gasteiger partial charge in [-0.3, -0.25) is 9.79 Å². The van der Waals surface area contributed by atoms with Crippen molar-refractivity contribution >= 4 is 35.9 Å². The summed E-state index contributed by atoms with van der Waals surface area (Å²) in [6.07, 6.45) is 2.95. The van der Waals surface area contributed by atoms with Crippen molar-refractivity contribution in [3.05, 3.63) is 0 Å². The molecule has 1 unspecified atom stereocenters. The number of hydrogen-bond donors (Lipinski definition) is 1.